The van der Waals surface area contributed by atoms with Gasteiger partial charge in [0.25, 0.3) is 0 Å². The Kier molecular flexibility index (Phi) is 5.59. The van der Waals surface area contributed by atoms with E-state index in [0.717, 1.165) is 18.4 Å². The number of benzene rings is 2. The van der Waals surface area contributed by atoms with Gasteiger partial charge in [-0.2, -0.15) is 0 Å². The lowest BCUT2D eigenvalue weighted by molar-refractivity contribution is -0.134. The van der Waals surface area contributed by atoms with E-state index >= 15 is 0 Å². The number of carbonyl (C=O) groups excluding carboxylic acids is 2. The second kappa shape index (κ2) is 8.06. The third-order valence-electron chi connectivity index (χ3n) is 4.69. The van der Waals surface area contributed by atoms with Crippen molar-refractivity contribution >= 4 is 11.7 Å². The van der Waals surface area contributed by atoms with E-state index < -0.39 is 0 Å². The van der Waals surface area contributed by atoms with Gasteiger partial charge in [-0.25, -0.2) is 4.39 Å². The number of ketones is 1. The fraction of sp³-hybridized carbons (Fsp3) is 0.333. The highest BCUT2D eigenvalue weighted by atomic mass is 19.1. The van der Waals surface area contributed by atoms with Crippen LogP contribution in [0.1, 0.15) is 24.0 Å². The fourth-order valence-corrected chi connectivity index (χ4v) is 3.34. The summed E-state index contributed by atoms with van der Waals surface area (Å²) in [5, 5.41) is 0. The smallest absolute Gasteiger partial charge is 0.227 e. The van der Waals surface area contributed by atoms with E-state index in [4.69, 9.17) is 0 Å². The van der Waals surface area contributed by atoms with Gasteiger partial charge in [0.1, 0.15) is 11.6 Å². The van der Waals surface area contributed by atoms with Crippen LogP contribution in [0.2, 0.25) is 0 Å². The molecule has 2 aromatic rings. The predicted octanol–water partition coefficient (Wildman–Crippen LogP) is 3.42. The molecule has 0 bridgehead atoms. The van der Waals surface area contributed by atoms with Gasteiger partial charge in [0.2, 0.25) is 5.91 Å². The van der Waals surface area contributed by atoms with Gasteiger partial charge < -0.3 is 4.90 Å². The number of amides is 1. The summed E-state index contributed by atoms with van der Waals surface area (Å²) in [6.45, 7) is 1.14. The monoisotopic (exact) mass is 339 g/mol. The number of rotatable bonds is 5. The van der Waals surface area contributed by atoms with Crippen molar-refractivity contribution < 1.29 is 14.0 Å². The second-order valence-corrected chi connectivity index (χ2v) is 6.61. The van der Waals surface area contributed by atoms with Gasteiger partial charge >= 0.3 is 0 Å². The zero-order valence-corrected chi connectivity index (χ0v) is 14.2. The maximum atomic E-state index is 13.3. The first-order chi connectivity index (χ1) is 12.1. The Morgan fingerprint density at radius 2 is 1.76 bits per heavy atom. The maximum Gasteiger partial charge on any atom is 0.227 e. The highest BCUT2D eigenvalue weighted by Crippen LogP contribution is 2.20. The summed E-state index contributed by atoms with van der Waals surface area (Å²) in [5.41, 5.74) is 1.68. The highest BCUT2D eigenvalue weighted by Gasteiger charge is 2.28. The van der Waals surface area contributed by atoms with Gasteiger partial charge in [-0.05, 0) is 36.1 Å². The lowest BCUT2D eigenvalue weighted by Crippen LogP contribution is -2.43. The molecule has 1 heterocycles. The normalized spacial score (nSPS) is 17.3. The van der Waals surface area contributed by atoms with Crippen LogP contribution in [0.25, 0.3) is 0 Å². The van der Waals surface area contributed by atoms with Gasteiger partial charge in [-0.15, -0.1) is 0 Å². The van der Waals surface area contributed by atoms with Crippen LogP contribution >= 0.6 is 0 Å². The summed E-state index contributed by atoms with van der Waals surface area (Å²) in [6, 6.07) is 15.8. The number of halogens is 1. The lowest BCUT2D eigenvalue weighted by atomic mass is 9.90. The maximum absolute atomic E-state index is 13.3. The summed E-state index contributed by atoms with van der Waals surface area (Å²) in [7, 11) is 0. The average molecular weight is 339 g/mol. The van der Waals surface area contributed by atoms with Crippen molar-refractivity contribution in [2.24, 2.45) is 5.92 Å². The quantitative estimate of drug-likeness (QED) is 0.837. The van der Waals surface area contributed by atoms with Crippen molar-refractivity contribution in [3.8, 4) is 0 Å². The number of Topliss-reactive ketones (excluding diaryl/α,β-unsaturated/α-hetero) is 1. The summed E-state index contributed by atoms with van der Waals surface area (Å²) in [5.74, 6) is -0.289. The van der Waals surface area contributed by atoms with E-state index in [1.54, 1.807) is 17.0 Å². The molecule has 1 amide bonds. The number of nitrogens with zero attached hydrogens (tertiary/aromatic N) is 1. The molecule has 0 unspecified atom stereocenters. The molecule has 0 spiro atoms. The number of hydrogen-bond acceptors (Lipinski definition) is 2. The van der Waals surface area contributed by atoms with E-state index in [0.29, 0.717) is 25.1 Å². The van der Waals surface area contributed by atoms with Crippen LogP contribution in [0.15, 0.2) is 54.6 Å². The summed E-state index contributed by atoms with van der Waals surface area (Å²) in [4.78, 5) is 26.8. The molecule has 0 aromatic heterocycles. The zero-order valence-electron chi connectivity index (χ0n) is 14.2. The van der Waals surface area contributed by atoms with Gasteiger partial charge in [0.15, 0.2) is 0 Å². The van der Waals surface area contributed by atoms with Crippen molar-refractivity contribution in [3.05, 3.63) is 71.5 Å². The molecule has 1 atom stereocenters. The Labute approximate surface area is 147 Å². The van der Waals surface area contributed by atoms with Gasteiger partial charge in [-0.3, -0.25) is 9.59 Å². The molecule has 1 aliphatic rings. The second-order valence-electron chi connectivity index (χ2n) is 6.61. The van der Waals surface area contributed by atoms with E-state index in [1.807, 2.05) is 30.3 Å². The van der Waals surface area contributed by atoms with Gasteiger partial charge in [-0.1, -0.05) is 42.5 Å². The Hall–Kier alpha value is -2.49. The van der Waals surface area contributed by atoms with Crippen molar-refractivity contribution in [1.29, 1.82) is 0 Å². The van der Waals surface area contributed by atoms with Crippen molar-refractivity contribution in [2.75, 3.05) is 13.1 Å². The van der Waals surface area contributed by atoms with Crippen LogP contribution in [-0.4, -0.2) is 29.7 Å². The first-order valence-electron chi connectivity index (χ1n) is 8.70. The molecule has 25 heavy (non-hydrogen) atoms. The number of piperidine rings is 1. The van der Waals surface area contributed by atoms with Crippen LogP contribution in [0.4, 0.5) is 4.39 Å². The fourth-order valence-electron chi connectivity index (χ4n) is 3.34. The van der Waals surface area contributed by atoms with E-state index in [1.165, 1.54) is 12.1 Å². The predicted molar refractivity (Wildman–Crippen MR) is 94.6 cm³/mol. The molecule has 3 nitrogen and oxygen atoms in total. The molecule has 0 aliphatic carbocycles. The first-order valence-corrected chi connectivity index (χ1v) is 8.70. The average Bonchev–Trinajstić information content (AvgIpc) is 2.62. The van der Waals surface area contributed by atoms with Crippen LogP contribution in [0.3, 0.4) is 0 Å². The molecule has 4 heteroatoms. The largest absolute Gasteiger partial charge is 0.342 e. The van der Waals surface area contributed by atoms with Crippen molar-refractivity contribution in [1.82, 2.24) is 4.90 Å². The first kappa shape index (κ1) is 17.3. The van der Waals surface area contributed by atoms with Gasteiger partial charge in [0, 0.05) is 25.4 Å². The minimum atomic E-state index is -0.333. The van der Waals surface area contributed by atoms with Crippen LogP contribution < -0.4 is 0 Å². The molecule has 1 aliphatic heterocycles. The van der Waals surface area contributed by atoms with E-state index in [2.05, 4.69) is 0 Å². The van der Waals surface area contributed by atoms with Crippen LogP contribution in [-0.2, 0) is 22.4 Å². The number of likely N-dealkylation sites (tertiary alicyclic amines) is 1. The molecule has 3 rings (SSSR count). The minimum Gasteiger partial charge on any atom is -0.342 e. The zero-order chi connectivity index (χ0) is 17.6. The lowest BCUT2D eigenvalue weighted by Gasteiger charge is -2.32. The third kappa shape index (κ3) is 4.75. The van der Waals surface area contributed by atoms with Crippen molar-refractivity contribution in [3.63, 3.8) is 0 Å². The molecule has 130 valence electrons. The Bertz CT molecular complexity index is 745. The summed E-state index contributed by atoms with van der Waals surface area (Å²) in [6.07, 6.45) is 2.25. The van der Waals surface area contributed by atoms with Crippen molar-refractivity contribution in [2.45, 2.75) is 25.7 Å². The van der Waals surface area contributed by atoms with Crippen LogP contribution in [0, 0.1) is 11.7 Å². The van der Waals surface area contributed by atoms with Gasteiger partial charge in [0.05, 0.1) is 6.42 Å². The molecule has 0 N–H and O–H groups in total. The third-order valence-corrected chi connectivity index (χ3v) is 4.69. The molecular weight excluding hydrogens is 317 g/mol. The standard InChI is InChI=1S/C21H22FNO2/c22-19-10-4-8-17(12-19)14-21(25)23-11-5-9-18(15-23)20(24)13-16-6-2-1-3-7-16/h1-4,6-8,10,12,18H,5,9,11,13-15H2/t18-/m0/s1. The Morgan fingerprint density at radius 3 is 2.52 bits per heavy atom. The van der Waals surface area contributed by atoms with E-state index in [9.17, 15) is 14.0 Å². The molecule has 1 saturated heterocycles. The molecular formula is C21H22FNO2. The van der Waals surface area contributed by atoms with Crippen LogP contribution in [0.5, 0.6) is 0 Å². The van der Waals surface area contributed by atoms with E-state index in [-0.39, 0.29) is 29.8 Å². The molecule has 2 aromatic carbocycles. The molecule has 0 saturated carbocycles. The topological polar surface area (TPSA) is 37.4 Å². The Morgan fingerprint density at radius 1 is 1.00 bits per heavy atom. The number of hydrogen-bond donors (Lipinski definition) is 0. The minimum absolute atomic E-state index is 0.0391. The molecule has 1 fully saturated rings. The Balaban J connectivity index is 1.58. The molecule has 0 radical (unpaired) electrons. The SMILES string of the molecule is O=C(Cc1ccccc1)[C@H]1CCCN(C(=O)Cc2cccc(F)c2)C1. The highest BCUT2D eigenvalue weighted by molar-refractivity contribution is 5.85. The summed E-state index contributed by atoms with van der Waals surface area (Å²) >= 11 is 0. The number of carbonyl (C=O) groups is 2. The summed E-state index contributed by atoms with van der Waals surface area (Å²) < 4.78 is 13.3.